The van der Waals surface area contributed by atoms with Crippen LogP contribution in [0.5, 0.6) is 5.75 Å². The number of benzene rings is 2. The van der Waals surface area contributed by atoms with E-state index in [9.17, 15) is 0 Å². The first-order valence-electron chi connectivity index (χ1n) is 5.65. The lowest BCUT2D eigenvalue weighted by Crippen LogP contribution is -1.95. The number of hydrogen-bond donors (Lipinski definition) is 1. The quantitative estimate of drug-likeness (QED) is 0.888. The second kappa shape index (κ2) is 5.24. The Bertz CT molecular complexity index is 582. The molecule has 0 aliphatic rings. The highest BCUT2D eigenvalue weighted by Gasteiger charge is 2.03. The highest BCUT2D eigenvalue weighted by atomic mass is 16.5. The number of nitrogens with zero attached hydrogens (tertiary/aromatic N) is 1. The van der Waals surface area contributed by atoms with Gasteiger partial charge in [0.2, 0.25) is 0 Å². The Morgan fingerprint density at radius 3 is 2.44 bits per heavy atom. The summed E-state index contributed by atoms with van der Waals surface area (Å²) in [6.07, 6.45) is 0. The molecule has 0 fully saturated rings. The van der Waals surface area contributed by atoms with Crippen molar-refractivity contribution in [2.75, 3.05) is 12.4 Å². The third-order valence-electron chi connectivity index (χ3n) is 2.65. The van der Waals surface area contributed by atoms with E-state index in [1.54, 1.807) is 19.2 Å². The fraction of sp³-hybridized carbons (Fsp3) is 0.133. The maximum atomic E-state index is 8.75. The highest BCUT2D eigenvalue weighted by Crippen LogP contribution is 2.28. The van der Waals surface area contributed by atoms with Crippen molar-refractivity contribution in [3.63, 3.8) is 0 Å². The molecule has 90 valence electrons. The molecule has 18 heavy (non-hydrogen) atoms. The molecule has 0 atom stereocenters. The van der Waals surface area contributed by atoms with E-state index in [1.807, 2.05) is 37.3 Å². The lowest BCUT2D eigenvalue weighted by atomic mass is 10.2. The molecule has 0 saturated carbocycles. The zero-order chi connectivity index (χ0) is 13.0. The first-order valence-corrected chi connectivity index (χ1v) is 5.65. The van der Waals surface area contributed by atoms with Gasteiger partial charge < -0.3 is 10.1 Å². The van der Waals surface area contributed by atoms with E-state index in [0.717, 1.165) is 22.7 Å². The zero-order valence-electron chi connectivity index (χ0n) is 10.4. The van der Waals surface area contributed by atoms with Crippen LogP contribution in [0.4, 0.5) is 11.4 Å². The van der Waals surface area contributed by atoms with Crippen molar-refractivity contribution in [1.29, 1.82) is 5.26 Å². The van der Waals surface area contributed by atoms with E-state index in [1.165, 1.54) is 0 Å². The molecule has 2 rings (SSSR count). The van der Waals surface area contributed by atoms with Crippen LogP contribution in [0, 0.1) is 18.3 Å². The molecule has 1 N–H and O–H groups in total. The van der Waals surface area contributed by atoms with Crippen LogP contribution in [-0.2, 0) is 0 Å². The normalized spacial score (nSPS) is 9.61. The molecule has 0 amide bonds. The van der Waals surface area contributed by atoms with Gasteiger partial charge in [-0.05, 0) is 48.9 Å². The molecule has 3 heteroatoms. The van der Waals surface area contributed by atoms with Gasteiger partial charge in [-0.3, -0.25) is 0 Å². The predicted octanol–water partition coefficient (Wildman–Crippen LogP) is 3.62. The van der Waals surface area contributed by atoms with E-state index in [0.29, 0.717) is 5.56 Å². The summed E-state index contributed by atoms with van der Waals surface area (Å²) in [7, 11) is 1.65. The fourth-order valence-electron chi connectivity index (χ4n) is 1.70. The molecule has 0 heterocycles. The summed E-state index contributed by atoms with van der Waals surface area (Å²) in [5, 5.41) is 12.0. The standard InChI is InChI=1S/C15H14N2O/c1-11-3-8-15(18-2)14(9-11)17-13-6-4-12(10-16)5-7-13/h3-9,17H,1-2H3. The van der Waals surface area contributed by atoms with Crippen molar-refractivity contribution in [3.05, 3.63) is 53.6 Å². The lowest BCUT2D eigenvalue weighted by Gasteiger charge is -2.12. The minimum absolute atomic E-state index is 0.650. The molecule has 0 aliphatic heterocycles. The topological polar surface area (TPSA) is 45.0 Å². The van der Waals surface area contributed by atoms with Gasteiger partial charge in [0, 0.05) is 5.69 Å². The average Bonchev–Trinajstić information content (AvgIpc) is 2.40. The first-order chi connectivity index (χ1) is 8.72. The van der Waals surface area contributed by atoms with Gasteiger partial charge in [0.1, 0.15) is 5.75 Å². The molecule has 0 unspecified atom stereocenters. The summed E-state index contributed by atoms with van der Waals surface area (Å²) in [6.45, 7) is 2.03. The summed E-state index contributed by atoms with van der Waals surface area (Å²) in [4.78, 5) is 0. The number of aryl methyl sites for hydroxylation is 1. The van der Waals surface area contributed by atoms with Crippen LogP contribution in [0.3, 0.4) is 0 Å². The summed E-state index contributed by atoms with van der Waals surface area (Å²) in [6, 6.07) is 15.4. The second-order valence-corrected chi connectivity index (χ2v) is 4.02. The van der Waals surface area contributed by atoms with Gasteiger partial charge in [-0.25, -0.2) is 0 Å². The van der Waals surface area contributed by atoms with Gasteiger partial charge in [0.25, 0.3) is 0 Å². The molecule has 2 aromatic rings. The van der Waals surface area contributed by atoms with Gasteiger partial charge in [-0.2, -0.15) is 5.26 Å². The van der Waals surface area contributed by atoms with E-state index in [-0.39, 0.29) is 0 Å². The minimum atomic E-state index is 0.650. The fourth-order valence-corrected chi connectivity index (χ4v) is 1.70. The number of anilines is 2. The smallest absolute Gasteiger partial charge is 0.142 e. The third-order valence-corrected chi connectivity index (χ3v) is 2.65. The largest absolute Gasteiger partial charge is 0.495 e. The van der Waals surface area contributed by atoms with E-state index < -0.39 is 0 Å². The summed E-state index contributed by atoms with van der Waals surface area (Å²) in [5.74, 6) is 0.796. The second-order valence-electron chi connectivity index (χ2n) is 4.02. The van der Waals surface area contributed by atoms with Gasteiger partial charge in [0.05, 0.1) is 24.4 Å². The van der Waals surface area contributed by atoms with Crippen LogP contribution in [0.2, 0.25) is 0 Å². The van der Waals surface area contributed by atoms with E-state index in [2.05, 4.69) is 11.4 Å². The van der Waals surface area contributed by atoms with Crippen molar-refractivity contribution in [3.8, 4) is 11.8 Å². The van der Waals surface area contributed by atoms with Crippen molar-refractivity contribution >= 4 is 11.4 Å². The van der Waals surface area contributed by atoms with Crippen molar-refractivity contribution in [2.45, 2.75) is 6.92 Å². The zero-order valence-corrected chi connectivity index (χ0v) is 10.4. The highest BCUT2D eigenvalue weighted by molar-refractivity contribution is 5.67. The molecule has 0 saturated heterocycles. The maximum Gasteiger partial charge on any atom is 0.142 e. The Morgan fingerprint density at radius 1 is 1.11 bits per heavy atom. The molecule has 0 aliphatic carbocycles. The van der Waals surface area contributed by atoms with E-state index in [4.69, 9.17) is 10.00 Å². The maximum absolute atomic E-state index is 8.75. The van der Waals surface area contributed by atoms with Gasteiger partial charge in [-0.15, -0.1) is 0 Å². The van der Waals surface area contributed by atoms with Crippen molar-refractivity contribution < 1.29 is 4.74 Å². The predicted molar refractivity (Wildman–Crippen MR) is 72.2 cm³/mol. The summed E-state index contributed by atoms with van der Waals surface area (Å²) in [5.41, 5.74) is 3.66. The molecule has 0 radical (unpaired) electrons. The molecule has 2 aromatic carbocycles. The number of nitrogens with one attached hydrogen (secondary N) is 1. The van der Waals surface area contributed by atoms with Gasteiger partial charge in [-0.1, -0.05) is 6.07 Å². The van der Waals surface area contributed by atoms with Crippen LogP contribution in [-0.4, -0.2) is 7.11 Å². The van der Waals surface area contributed by atoms with Crippen LogP contribution in [0.25, 0.3) is 0 Å². The monoisotopic (exact) mass is 238 g/mol. The Kier molecular flexibility index (Phi) is 3.49. The molecule has 0 aromatic heterocycles. The molecule has 0 bridgehead atoms. The van der Waals surface area contributed by atoms with Gasteiger partial charge in [0.15, 0.2) is 0 Å². The van der Waals surface area contributed by atoms with Crippen LogP contribution in [0.15, 0.2) is 42.5 Å². The van der Waals surface area contributed by atoms with E-state index >= 15 is 0 Å². The van der Waals surface area contributed by atoms with Gasteiger partial charge >= 0.3 is 0 Å². The molecular formula is C15H14N2O. The lowest BCUT2D eigenvalue weighted by molar-refractivity contribution is 0.416. The molecular weight excluding hydrogens is 224 g/mol. The summed E-state index contributed by atoms with van der Waals surface area (Å²) < 4.78 is 5.30. The Labute approximate surface area is 107 Å². The number of hydrogen-bond acceptors (Lipinski definition) is 3. The molecule has 0 spiro atoms. The Balaban J connectivity index is 2.27. The van der Waals surface area contributed by atoms with Crippen LogP contribution >= 0.6 is 0 Å². The number of nitriles is 1. The number of ether oxygens (including phenoxy) is 1. The van der Waals surface area contributed by atoms with Crippen molar-refractivity contribution in [1.82, 2.24) is 0 Å². The SMILES string of the molecule is COc1ccc(C)cc1Nc1ccc(C#N)cc1. The first kappa shape index (κ1) is 12.0. The summed E-state index contributed by atoms with van der Waals surface area (Å²) >= 11 is 0. The number of rotatable bonds is 3. The van der Waals surface area contributed by atoms with Crippen LogP contribution in [0.1, 0.15) is 11.1 Å². The van der Waals surface area contributed by atoms with Crippen LogP contribution < -0.4 is 10.1 Å². The van der Waals surface area contributed by atoms with Crippen molar-refractivity contribution in [2.24, 2.45) is 0 Å². The Hall–Kier alpha value is -2.47. The average molecular weight is 238 g/mol. The third kappa shape index (κ3) is 2.61. The minimum Gasteiger partial charge on any atom is -0.495 e. The Morgan fingerprint density at radius 2 is 1.83 bits per heavy atom. The molecule has 3 nitrogen and oxygen atoms in total. The number of methoxy groups -OCH3 is 1.